The van der Waals surface area contributed by atoms with Crippen LogP contribution in [0.1, 0.15) is 31.6 Å². The molecule has 0 radical (unpaired) electrons. The predicted molar refractivity (Wildman–Crippen MR) is 181 cm³/mol. The lowest BCUT2D eigenvalue weighted by molar-refractivity contribution is -0.116. The minimum Gasteiger partial charge on any atom is -0.325 e. The lowest BCUT2D eigenvalue weighted by Crippen LogP contribution is -2.30. The van der Waals surface area contributed by atoms with Gasteiger partial charge < -0.3 is 16.0 Å². The van der Waals surface area contributed by atoms with Gasteiger partial charge in [-0.3, -0.25) is 14.4 Å². The van der Waals surface area contributed by atoms with E-state index in [1.54, 1.807) is 48.5 Å². The van der Waals surface area contributed by atoms with E-state index in [0.717, 1.165) is 20.9 Å². The highest BCUT2D eigenvalue weighted by Gasteiger charge is 2.23. The van der Waals surface area contributed by atoms with Crippen molar-refractivity contribution in [1.29, 1.82) is 0 Å². The van der Waals surface area contributed by atoms with Gasteiger partial charge in [0, 0.05) is 31.7 Å². The summed E-state index contributed by atoms with van der Waals surface area (Å²) in [6, 6.07) is 34.6. The number of aryl methyl sites for hydroxylation is 1. The molecule has 0 aliphatic rings. The van der Waals surface area contributed by atoms with Crippen LogP contribution in [-0.2, 0) is 9.59 Å². The molecule has 0 saturated carbocycles. The minimum absolute atomic E-state index is 0.109. The number of anilines is 2. The number of thioether (sulfide) groups is 1. The maximum absolute atomic E-state index is 13.5. The molecule has 0 spiro atoms. The monoisotopic (exact) mass is 637 g/mol. The standard InChI is InChI=1S/C35H28ClN3O3S2/c1-23-17-18-27(21-30(23)36)38-35(42)32(24-10-4-2-5-11-24)44-29-15-8-14-26(20-29)37-34(41)31(22-28-16-9-19-43-28)39-33(40)25-12-6-3-7-13-25/h2-22,32H,1H3,(H,37,41)(H,38,42)(H,39,40)/b31-22-. The van der Waals surface area contributed by atoms with E-state index in [9.17, 15) is 14.4 Å². The highest BCUT2D eigenvalue weighted by Crippen LogP contribution is 2.37. The fourth-order valence-corrected chi connectivity index (χ4v) is 6.14. The van der Waals surface area contributed by atoms with E-state index in [1.807, 2.05) is 85.1 Å². The number of halogens is 1. The molecule has 1 aromatic heterocycles. The molecule has 9 heteroatoms. The van der Waals surface area contributed by atoms with Crippen molar-refractivity contribution in [2.75, 3.05) is 10.6 Å². The zero-order valence-corrected chi connectivity index (χ0v) is 26.0. The van der Waals surface area contributed by atoms with Crippen molar-refractivity contribution < 1.29 is 14.4 Å². The molecule has 1 unspecified atom stereocenters. The first kappa shape index (κ1) is 30.8. The van der Waals surface area contributed by atoms with Gasteiger partial charge in [0.25, 0.3) is 11.8 Å². The summed E-state index contributed by atoms with van der Waals surface area (Å²) in [7, 11) is 0. The molecule has 0 aliphatic heterocycles. The molecule has 0 bridgehead atoms. The summed E-state index contributed by atoms with van der Waals surface area (Å²) in [6.45, 7) is 1.90. The number of hydrogen-bond donors (Lipinski definition) is 3. The third-order valence-corrected chi connectivity index (χ3v) is 8.96. The zero-order chi connectivity index (χ0) is 30.9. The molecule has 220 valence electrons. The van der Waals surface area contributed by atoms with Crippen molar-refractivity contribution in [2.45, 2.75) is 17.1 Å². The van der Waals surface area contributed by atoms with E-state index in [4.69, 9.17) is 11.6 Å². The summed E-state index contributed by atoms with van der Waals surface area (Å²) in [6.07, 6.45) is 1.65. The van der Waals surface area contributed by atoms with Crippen LogP contribution in [0.15, 0.2) is 131 Å². The number of nitrogens with one attached hydrogen (secondary N) is 3. The van der Waals surface area contributed by atoms with Crippen molar-refractivity contribution in [2.24, 2.45) is 0 Å². The summed E-state index contributed by atoms with van der Waals surface area (Å²) in [5.41, 5.74) is 3.42. The first-order chi connectivity index (χ1) is 21.4. The van der Waals surface area contributed by atoms with Crippen LogP contribution in [0, 0.1) is 6.92 Å². The van der Waals surface area contributed by atoms with E-state index >= 15 is 0 Å². The summed E-state index contributed by atoms with van der Waals surface area (Å²) in [4.78, 5) is 41.5. The van der Waals surface area contributed by atoms with Gasteiger partial charge in [-0.15, -0.1) is 23.1 Å². The summed E-state index contributed by atoms with van der Waals surface area (Å²) in [5, 5.41) is 10.5. The number of carbonyl (C=O) groups excluding carboxylic acids is 3. The minimum atomic E-state index is -0.582. The molecule has 0 aliphatic carbocycles. The van der Waals surface area contributed by atoms with Gasteiger partial charge in [-0.2, -0.15) is 0 Å². The molecule has 6 nitrogen and oxygen atoms in total. The molecule has 0 saturated heterocycles. The van der Waals surface area contributed by atoms with Crippen LogP contribution in [0.2, 0.25) is 5.02 Å². The second-order valence-electron chi connectivity index (χ2n) is 9.74. The van der Waals surface area contributed by atoms with Gasteiger partial charge in [0.15, 0.2) is 0 Å². The second kappa shape index (κ2) is 14.7. The van der Waals surface area contributed by atoms with Gasteiger partial charge in [0.05, 0.1) is 0 Å². The number of thiophene rings is 1. The van der Waals surface area contributed by atoms with Crippen molar-refractivity contribution >= 4 is 69.9 Å². The molecule has 3 N–H and O–H groups in total. The van der Waals surface area contributed by atoms with Crippen molar-refractivity contribution in [1.82, 2.24) is 5.32 Å². The fourth-order valence-electron chi connectivity index (χ4n) is 4.22. The van der Waals surface area contributed by atoms with Crippen LogP contribution in [-0.4, -0.2) is 17.7 Å². The fraction of sp³-hybridized carbons (Fsp3) is 0.0571. The molecular formula is C35H28ClN3O3S2. The van der Waals surface area contributed by atoms with E-state index in [2.05, 4.69) is 16.0 Å². The first-order valence-electron chi connectivity index (χ1n) is 13.7. The molecule has 1 atom stereocenters. The molecule has 3 amide bonds. The molecule has 1 heterocycles. The Balaban J connectivity index is 1.35. The molecule has 5 aromatic rings. The molecule has 0 fully saturated rings. The number of rotatable bonds is 10. The zero-order valence-electron chi connectivity index (χ0n) is 23.6. The normalized spacial score (nSPS) is 11.8. The van der Waals surface area contributed by atoms with Gasteiger partial charge in [-0.05, 0) is 78.0 Å². The average Bonchev–Trinajstić information content (AvgIpc) is 3.55. The Hall–Kier alpha value is -4.63. The van der Waals surface area contributed by atoms with Crippen molar-refractivity contribution in [3.8, 4) is 0 Å². The van der Waals surface area contributed by atoms with Gasteiger partial charge >= 0.3 is 0 Å². The van der Waals surface area contributed by atoms with Crippen molar-refractivity contribution in [3.05, 3.63) is 153 Å². The Bertz CT molecular complexity index is 1790. The van der Waals surface area contributed by atoms with E-state index in [0.29, 0.717) is 22.0 Å². The number of benzene rings is 4. The predicted octanol–water partition coefficient (Wildman–Crippen LogP) is 8.59. The molecule has 4 aromatic carbocycles. The molecule has 44 heavy (non-hydrogen) atoms. The van der Waals surface area contributed by atoms with Crippen LogP contribution >= 0.6 is 34.7 Å². The molecular weight excluding hydrogens is 610 g/mol. The Morgan fingerprint density at radius 1 is 0.795 bits per heavy atom. The largest absolute Gasteiger partial charge is 0.325 e. The highest BCUT2D eigenvalue weighted by molar-refractivity contribution is 8.00. The number of amides is 3. The van der Waals surface area contributed by atoms with E-state index in [-0.39, 0.29) is 17.5 Å². The highest BCUT2D eigenvalue weighted by atomic mass is 35.5. The van der Waals surface area contributed by atoms with Crippen LogP contribution in [0.5, 0.6) is 0 Å². The second-order valence-corrected chi connectivity index (χ2v) is 12.3. The van der Waals surface area contributed by atoms with E-state index < -0.39 is 11.2 Å². The molecule has 5 rings (SSSR count). The smallest absolute Gasteiger partial charge is 0.272 e. The quantitative estimate of drug-likeness (QED) is 0.106. The maximum Gasteiger partial charge on any atom is 0.272 e. The Labute approximate surface area is 269 Å². The van der Waals surface area contributed by atoms with Crippen LogP contribution in [0.3, 0.4) is 0 Å². The third kappa shape index (κ3) is 8.26. The van der Waals surface area contributed by atoms with Crippen LogP contribution < -0.4 is 16.0 Å². The maximum atomic E-state index is 13.5. The van der Waals surface area contributed by atoms with E-state index in [1.165, 1.54) is 23.1 Å². The summed E-state index contributed by atoms with van der Waals surface area (Å²) >= 11 is 9.10. The van der Waals surface area contributed by atoms with Gasteiger partial charge in [0.2, 0.25) is 5.91 Å². The lowest BCUT2D eigenvalue weighted by atomic mass is 10.1. The Morgan fingerprint density at radius 3 is 2.23 bits per heavy atom. The van der Waals surface area contributed by atoms with Gasteiger partial charge in [0.1, 0.15) is 10.9 Å². The number of carbonyl (C=O) groups is 3. The van der Waals surface area contributed by atoms with Crippen LogP contribution in [0.25, 0.3) is 6.08 Å². The Morgan fingerprint density at radius 2 is 1.52 bits per heavy atom. The first-order valence-corrected chi connectivity index (χ1v) is 15.8. The SMILES string of the molecule is Cc1ccc(NC(=O)C(Sc2cccc(NC(=O)/C(=C/c3cccs3)NC(=O)c3ccccc3)c2)c2ccccc2)cc1Cl. The third-order valence-electron chi connectivity index (χ3n) is 6.48. The van der Waals surface area contributed by atoms with Crippen molar-refractivity contribution in [3.63, 3.8) is 0 Å². The van der Waals surface area contributed by atoms with Gasteiger partial charge in [-0.25, -0.2) is 0 Å². The number of hydrogen-bond acceptors (Lipinski definition) is 5. The van der Waals surface area contributed by atoms with Crippen LogP contribution in [0.4, 0.5) is 11.4 Å². The average molecular weight is 638 g/mol. The topological polar surface area (TPSA) is 87.3 Å². The Kier molecular flexibility index (Phi) is 10.3. The lowest BCUT2D eigenvalue weighted by Gasteiger charge is -2.18. The summed E-state index contributed by atoms with van der Waals surface area (Å²) in [5.74, 6) is -1.07. The summed E-state index contributed by atoms with van der Waals surface area (Å²) < 4.78 is 0. The van der Waals surface area contributed by atoms with Gasteiger partial charge in [-0.1, -0.05) is 78.3 Å².